The van der Waals surface area contributed by atoms with Crippen LogP contribution in [0.4, 0.5) is 5.82 Å². The van der Waals surface area contributed by atoms with Crippen LogP contribution in [0, 0.1) is 0 Å². The van der Waals surface area contributed by atoms with E-state index in [2.05, 4.69) is 54.4 Å². The summed E-state index contributed by atoms with van der Waals surface area (Å²) in [6, 6.07) is 9.58. The summed E-state index contributed by atoms with van der Waals surface area (Å²) in [7, 11) is 1.84. The van der Waals surface area contributed by atoms with Gasteiger partial charge in [0.15, 0.2) is 0 Å². The molecule has 0 radical (unpaired) electrons. The van der Waals surface area contributed by atoms with Crippen molar-refractivity contribution in [3.05, 3.63) is 48.2 Å². The Hall–Kier alpha value is -0.231. The van der Waals surface area contributed by atoms with Gasteiger partial charge < -0.3 is 0 Å². The molecule has 0 saturated carbocycles. The molecule has 0 fully saturated rings. The molecule has 114 valence electrons. The Morgan fingerprint density at radius 2 is 1.95 bits per heavy atom. The SMILES string of the molecule is CNc1nn(-c2ccc(Cl)cc2Cl)c(-c2ccc(Br)[se]2)c1Br. The fourth-order valence-corrected chi connectivity index (χ4v) is 6.13. The van der Waals surface area contributed by atoms with Gasteiger partial charge in [-0.25, -0.2) is 0 Å². The molecule has 22 heavy (non-hydrogen) atoms. The summed E-state index contributed by atoms with van der Waals surface area (Å²) in [5, 5.41) is 8.88. The Morgan fingerprint density at radius 1 is 1.18 bits per heavy atom. The second kappa shape index (κ2) is 6.71. The van der Waals surface area contributed by atoms with Gasteiger partial charge in [0.25, 0.3) is 0 Å². The number of nitrogens with one attached hydrogen (secondary N) is 1. The van der Waals surface area contributed by atoms with Gasteiger partial charge in [-0.3, -0.25) is 0 Å². The number of halogens is 4. The molecule has 0 aliphatic carbocycles. The van der Waals surface area contributed by atoms with Gasteiger partial charge in [0.05, 0.1) is 0 Å². The summed E-state index contributed by atoms with van der Waals surface area (Å²) in [6.07, 6.45) is 0. The van der Waals surface area contributed by atoms with Crippen LogP contribution in [0.2, 0.25) is 10.0 Å². The Labute approximate surface area is 160 Å². The maximum atomic E-state index is 6.36. The fraction of sp³-hybridized carbons (Fsp3) is 0.0714. The van der Waals surface area contributed by atoms with E-state index in [1.807, 2.05) is 23.9 Å². The van der Waals surface area contributed by atoms with Crippen molar-refractivity contribution in [2.75, 3.05) is 12.4 Å². The van der Waals surface area contributed by atoms with Crippen LogP contribution in [0.25, 0.3) is 15.8 Å². The van der Waals surface area contributed by atoms with Gasteiger partial charge in [-0.1, -0.05) is 0 Å². The minimum absolute atomic E-state index is 0.213. The molecule has 3 aromatic rings. The predicted octanol–water partition coefficient (Wildman–Crippen LogP) is 5.47. The van der Waals surface area contributed by atoms with E-state index in [-0.39, 0.29) is 14.5 Å². The minimum atomic E-state index is 0.213. The molecule has 3 nitrogen and oxygen atoms in total. The zero-order chi connectivity index (χ0) is 15.9. The molecule has 1 N–H and O–H groups in total. The van der Waals surface area contributed by atoms with Crippen molar-refractivity contribution in [1.29, 1.82) is 0 Å². The average Bonchev–Trinajstić information content (AvgIpc) is 3.02. The van der Waals surface area contributed by atoms with Gasteiger partial charge in [-0.05, 0) is 0 Å². The number of aromatic nitrogens is 2. The van der Waals surface area contributed by atoms with Crippen LogP contribution in [0.1, 0.15) is 0 Å². The molecule has 0 atom stereocenters. The number of benzene rings is 1. The fourth-order valence-electron chi connectivity index (χ4n) is 2.04. The van der Waals surface area contributed by atoms with E-state index >= 15 is 0 Å². The van der Waals surface area contributed by atoms with Gasteiger partial charge in [-0.15, -0.1) is 0 Å². The molecule has 2 aromatic heterocycles. The molecule has 0 aliphatic rings. The molecule has 0 amide bonds. The third-order valence-electron chi connectivity index (χ3n) is 3.01. The Balaban J connectivity index is 2.27. The summed E-state index contributed by atoms with van der Waals surface area (Å²) in [4.78, 5) is 0. The summed E-state index contributed by atoms with van der Waals surface area (Å²) < 4.78 is 5.18. The van der Waals surface area contributed by atoms with Crippen molar-refractivity contribution in [2.45, 2.75) is 0 Å². The Kier molecular flexibility index (Phi) is 5.07. The van der Waals surface area contributed by atoms with Crippen LogP contribution < -0.4 is 5.32 Å². The van der Waals surface area contributed by atoms with Crippen LogP contribution in [0.15, 0.2) is 38.2 Å². The van der Waals surface area contributed by atoms with E-state index < -0.39 is 0 Å². The standard InChI is InChI=1S/C14H9Br2Cl2N3Se/c1-19-14-12(16)13(10-4-5-11(15)22-10)21(20-14)9-3-2-7(17)6-8(9)18/h2-6H,1H3,(H,19,20). The van der Waals surface area contributed by atoms with Crippen LogP contribution >= 0.6 is 55.1 Å². The number of anilines is 1. The van der Waals surface area contributed by atoms with Gasteiger partial charge in [-0.2, -0.15) is 0 Å². The molecule has 0 unspecified atom stereocenters. The molecule has 2 heterocycles. The van der Waals surface area contributed by atoms with E-state index in [1.54, 1.807) is 6.07 Å². The van der Waals surface area contributed by atoms with Crippen LogP contribution in [-0.4, -0.2) is 31.3 Å². The maximum absolute atomic E-state index is 6.36. The Morgan fingerprint density at radius 3 is 2.55 bits per heavy atom. The average molecular weight is 529 g/mol. The summed E-state index contributed by atoms with van der Waals surface area (Å²) in [5.74, 6) is 0.765. The number of rotatable bonds is 3. The van der Waals surface area contributed by atoms with Gasteiger partial charge in [0.2, 0.25) is 0 Å². The van der Waals surface area contributed by atoms with Crippen molar-refractivity contribution >= 4 is 75.4 Å². The number of nitrogens with zero attached hydrogens (tertiary/aromatic N) is 2. The first kappa shape index (κ1) is 16.6. The number of hydrogen-bond donors (Lipinski definition) is 1. The molecule has 8 heteroatoms. The van der Waals surface area contributed by atoms with E-state index in [1.165, 1.54) is 7.78 Å². The second-order valence-electron chi connectivity index (χ2n) is 4.37. The van der Waals surface area contributed by atoms with Crippen molar-refractivity contribution < 1.29 is 0 Å². The summed E-state index contributed by atoms with van der Waals surface area (Å²) in [5.41, 5.74) is 1.79. The third-order valence-corrected chi connectivity index (χ3v) is 7.25. The van der Waals surface area contributed by atoms with Gasteiger partial charge in [0.1, 0.15) is 0 Å². The van der Waals surface area contributed by atoms with Crippen molar-refractivity contribution in [2.24, 2.45) is 0 Å². The third kappa shape index (κ3) is 3.05. The topological polar surface area (TPSA) is 29.9 Å². The van der Waals surface area contributed by atoms with Crippen molar-refractivity contribution in [1.82, 2.24) is 9.78 Å². The van der Waals surface area contributed by atoms with E-state index in [4.69, 9.17) is 23.2 Å². The molecular weight excluding hydrogens is 520 g/mol. The van der Waals surface area contributed by atoms with E-state index in [0.29, 0.717) is 10.0 Å². The molecule has 3 rings (SSSR count). The summed E-state index contributed by atoms with van der Waals surface area (Å²) >= 11 is 19.8. The molecule has 0 spiro atoms. The molecule has 0 bridgehead atoms. The van der Waals surface area contributed by atoms with Crippen molar-refractivity contribution in [3.8, 4) is 15.8 Å². The molecule has 1 aromatic carbocycles. The van der Waals surface area contributed by atoms with Crippen LogP contribution in [0.5, 0.6) is 0 Å². The van der Waals surface area contributed by atoms with Crippen LogP contribution in [0.3, 0.4) is 0 Å². The molecular formula is C14H9Br2Cl2N3Se. The molecule has 0 saturated heterocycles. The molecule has 0 aliphatic heterocycles. The van der Waals surface area contributed by atoms with Crippen LogP contribution in [-0.2, 0) is 0 Å². The zero-order valence-electron chi connectivity index (χ0n) is 11.2. The first-order valence-electron chi connectivity index (χ1n) is 6.18. The first-order chi connectivity index (χ1) is 10.5. The predicted molar refractivity (Wildman–Crippen MR) is 101 cm³/mol. The summed E-state index contributed by atoms with van der Waals surface area (Å²) in [6.45, 7) is 0. The monoisotopic (exact) mass is 527 g/mol. The zero-order valence-corrected chi connectivity index (χ0v) is 17.6. The van der Waals surface area contributed by atoms with Gasteiger partial charge >= 0.3 is 162 Å². The second-order valence-corrected chi connectivity index (χ2v) is 10.3. The van der Waals surface area contributed by atoms with Gasteiger partial charge in [0, 0.05) is 0 Å². The van der Waals surface area contributed by atoms with E-state index in [9.17, 15) is 0 Å². The van der Waals surface area contributed by atoms with E-state index in [0.717, 1.165) is 21.7 Å². The Bertz CT molecular complexity index is 845. The normalized spacial score (nSPS) is 11.0. The number of hydrogen-bond acceptors (Lipinski definition) is 2. The van der Waals surface area contributed by atoms with Crippen molar-refractivity contribution in [3.63, 3.8) is 0 Å². The quantitative estimate of drug-likeness (QED) is 0.457. The first-order valence-corrected chi connectivity index (χ1v) is 10.2.